The van der Waals surface area contributed by atoms with Gasteiger partial charge in [0.2, 0.25) is 10.5 Å². The van der Waals surface area contributed by atoms with Crippen LogP contribution in [-0.4, -0.2) is 10.5 Å². The number of thiophene rings is 1. The first-order valence-corrected chi connectivity index (χ1v) is 6.09. The summed E-state index contributed by atoms with van der Waals surface area (Å²) >= 11 is 12.1. The Balaban J connectivity index is 2.41. The van der Waals surface area contributed by atoms with Crippen LogP contribution in [-0.2, 0) is 22.4 Å². The van der Waals surface area contributed by atoms with Gasteiger partial charge in [-0.3, -0.25) is 9.59 Å². The number of halogens is 2. The third-order valence-electron chi connectivity index (χ3n) is 1.85. The summed E-state index contributed by atoms with van der Waals surface area (Å²) < 4.78 is 0. The second kappa shape index (κ2) is 6.26. The van der Waals surface area contributed by atoms with E-state index >= 15 is 0 Å². The standard InChI is InChI=1S/C10H10Cl2O2S/c11-9(13)5-3-7-1-2-8(15-7)4-6-10(12)14/h1-2H,3-6H2. The Bertz CT molecular complexity index is 328. The van der Waals surface area contributed by atoms with Crippen molar-refractivity contribution >= 4 is 45.0 Å². The average molecular weight is 265 g/mol. The minimum Gasteiger partial charge on any atom is -0.281 e. The van der Waals surface area contributed by atoms with E-state index < -0.39 is 0 Å². The number of hydrogen-bond donors (Lipinski definition) is 0. The van der Waals surface area contributed by atoms with Gasteiger partial charge in [-0.1, -0.05) is 0 Å². The molecule has 5 heteroatoms. The smallest absolute Gasteiger partial charge is 0.221 e. The lowest BCUT2D eigenvalue weighted by Crippen LogP contribution is -1.89. The van der Waals surface area contributed by atoms with Gasteiger partial charge in [-0.25, -0.2) is 0 Å². The quantitative estimate of drug-likeness (QED) is 0.740. The zero-order valence-electron chi connectivity index (χ0n) is 7.96. The van der Waals surface area contributed by atoms with Crippen molar-refractivity contribution in [2.45, 2.75) is 25.7 Å². The summed E-state index contributed by atoms with van der Waals surface area (Å²) in [6.07, 6.45) is 2.05. The lowest BCUT2D eigenvalue weighted by molar-refractivity contribution is -0.112. The minimum absolute atomic E-state index is 0.319. The fourth-order valence-electron chi connectivity index (χ4n) is 1.13. The third-order valence-corrected chi connectivity index (χ3v) is 3.44. The first-order chi connectivity index (χ1) is 7.08. The zero-order chi connectivity index (χ0) is 11.3. The number of hydrogen-bond acceptors (Lipinski definition) is 3. The molecular weight excluding hydrogens is 255 g/mol. The highest BCUT2D eigenvalue weighted by Crippen LogP contribution is 2.20. The number of carbonyl (C=O) groups is 2. The molecule has 0 radical (unpaired) electrons. The molecule has 0 aromatic carbocycles. The highest BCUT2D eigenvalue weighted by atomic mass is 35.5. The Labute approximate surface area is 102 Å². The van der Waals surface area contributed by atoms with Crippen LogP contribution in [0.2, 0.25) is 0 Å². The summed E-state index contributed by atoms with van der Waals surface area (Å²) in [7, 11) is 0. The molecule has 0 saturated carbocycles. The predicted octanol–water partition coefficient (Wildman–Crippen LogP) is 3.14. The summed E-state index contributed by atoms with van der Waals surface area (Å²) in [6, 6.07) is 3.91. The molecule has 0 spiro atoms. The van der Waals surface area contributed by atoms with Gasteiger partial charge in [0.05, 0.1) is 0 Å². The van der Waals surface area contributed by atoms with Crippen LogP contribution in [0.15, 0.2) is 12.1 Å². The highest BCUT2D eigenvalue weighted by molar-refractivity contribution is 7.12. The predicted molar refractivity (Wildman–Crippen MR) is 62.7 cm³/mol. The molecule has 1 aromatic heterocycles. The highest BCUT2D eigenvalue weighted by Gasteiger charge is 2.04. The molecule has 0 unspecified atom stereocenters. The molecule has 0 aliphatic carbocycles. The molecule has 1 rings (SSSR count). The third kappa shape index (κ3) is 5.30. The van der Waals surface area contributed by atoms with E-state index in [0.717, 1.165) is 9.75 Å². The van der Waals surface area contributed by atoms with Crippen LogP contribution in [0.3, 0.4) is 0 Å². The maximum Gasteiger partial charge on any atom is 0.221 e. The Morgan fingerprint density at radius 3 is 1.73 bits per heavy atom. The molecule has 0 bridgehead atoms. The molecular formula is C10H10Cl2O2S. The summed E-state index contributed by atoms with van der Waals surface area (Å²) in [5.74, 6) is 0. The van der Waals surface area contributed by atoms with Crippen molar-refractivity contribution in [3.63, 3.8) is 0 Å². The van der Waals surface area contributed by atoms with Crippen molar-refractivity contribution in [1.29, 1.82) is 0 Å². The molecule has 0 amide bonds. The van der Waals surface area contributed by atoms with E-state index in [1.165, 1.54) is 0 Å². The van der Waals surface area contributed by atoms with Crippen LogP contribution >= 0.6 is 34.5 Å². The van der Waals surface area contributed by atoms with Crippen LogP contribution in [0, 0.1) is 0 Å². The molecule has 0 fully saturated rings. The maximum absolute atomic E-state index is 10.5. The second-order valence-corrected chi connectivity index (χ2v) is 5.17. The van der Waals surface area contributed by atoms with Crippen LogP contribution < -0.4 is 0 Å². The number of carbonyl (C=O) groups excluding carboxylic acids is 2. The molecule has 82 valence electrons. The summed E-state index contributed by atoms with van der Waals surface area (Å²) in [5.41, 5.74) is 0. The average Bonchev–Trinajstić information content (AvgIpc) is 2.59. The Kier molecular flexibility index (Phi) is 5.29. The van der Waals surface area contributed by atoms with Crippen LogP contribution in [0.25, 0.3) is 0 Å². The van der Waals surface area contributed by atoms with E-state index in [9.17, 15) is 9.59 Å². The van der Waals surface area contributed by atoms with Crippen LogP contribution in [0.5, 0.6) is 0 Å². The Morgan fingerprint density at radius 1 is 1.00 bits per heavy atom. The van der Waals surface area contributed by atoms with E-state index in [2.05, 4.69) is 0 Å². The molecule has 0 N–H and O–H groups in total. The van der Waals surface area contributed by atoms with Crippen molar-refractivity contribution in [3.05, 3.63) is 21.9 Å². The van der Waals surface area contributed by atoms with Gasteiger partial charge in [0, 0.05) is 22.6 Å². The molecule has 0 aliphatic heterocycles. The van der Waals surface area contributed by atoms with Crippen LogP contribution in [0.4, 0.5) is 0 Å². The van der Waals surface area contributed by atoms with E-state index in [1.54, 1.807) is 11.3 Å². The summed E-state index contributed by atoms with van der Waals surface area (Å²) in [6.45, 7) is 0. The van der Waals surface area contributed by atoms with Gasteiger partial charge in [0.25, 0.3) is 0 Å². The van der Waals surface area contributed by atoms with Crippen molar-refractivity contribution in [2.24, 2.45) is 0 Å². The van der Waals surface area contributed by atoms with Gasteiger partial charge in [0.1, 0.15) is 0 Å². The molecule has 1 heterocycles. The fraction of sp³-hybridized carbons (Fsp3) is 0.400. The van der Waals surface area contributed by atoms with Crippen molar-refractivity contribution in [3.8, 4) is 0 Å². The first-order valence-electron chi connectivity index (χ1n) is 4.52. The normalized spacial score (nSPS) is 10.3. The van der Waals surface area contributed by atoms with E-state index in [0.29, 0.717) is 25.7 Å². The zero-order valence-corrected chi connectivity index (χ0v) is 10.3. The van der Waals surface area contributed by atoms with Gasteiger partial charge in [-0.05, 0) is 48.2 Å². The molecule has 1 aromatic rings. The van der Waals surface area contributed by atoms with E-state index in [-0.39, 0.29) is 10.5 Å². The second-order valence-electron chi connectivity index (χ2n) is 3.08. The molecule has 0 atom stereocenters. The molecule has 0 aliphatic rings. The van der Waals surface area contributed by atoms with E-state index in [1.807, 2.05) is 12.1 Å². The van der Waals surface area contributed by atoms with Crippen molar-refractivity contribution < 1.29 is 9.59 Å². The topological polar surface area (TPSA) is 34.1 Å². The van der Waals surface area contributed by atoms with Crippen molar-refractivity contribution in [2.75, 3.05) is 0 Å². The molecule has 0 saturated heterocycles. The SMILES string of the molecule is O=C(Cl)CCc1ccc(CCC(=O)Cl)s1. The lowest BCUT2D eigenvalue weighted by Gasteiger charge is -1.92. The monoisotopic (exact) mass is 264 g/mol. The number of rotatable bonds is 6. The Morgan fingerprint density at radius 2 is 1.40 bits per heavy atom. The fourth-order valence-corrected chi connectivity index (χ4v) is 2.34. The molecule has 2 nitrogen and oxygen atoms in total. The van der Waals surface area contributed by atoms with Crippen LogP contribution in [0.1, 0.15) is 22.6 Å². The lowest BCUT2D eigenvalue weighted by atomic mass is 10.2. The number of aryl methyl sites for hydroxylation is 2. The van der Waals surface area contributed by atoms with Gasteiger partial charge in [0.15, 0.2) is 0 Å². The van der Waals surface area contributed by atoms with Gasteiger partial charge >= 0.3 is 0 Å². The van der Waals surface area contributed by atoms with Gasteiger partial charge < -0.3 is 0 Å². The van der Waals surface area contributed by atoms with Gasteiger partial charge in [-0.15, -0.1) is 11.3 Å². The maximum atomic E-state index is 10.5. The summed E-state index contributed by atoms with van der Waals surface area (Å²) in [5, 5.41) is -0.637. The van der Waals surface area contributed by atoms with Gasteiger partial charge in [-0.2, -0.15) is 0 Å². The van der Waals surface area contributed by atoms with Crippen molar-refractivity contribution in [1.82, 2.24) is 0 Å². The summed E-state index contributed by atoms with van der Waals surface area (Å²) in [4.78, 5) is 23.3. The minimum atomic E-state index is -0.319. The molecule has 15 heavy (non-hydrogen) atoms. The van der Waals surface area contributed by atoms with E-state index in [4.69, 9.17) is 23.2 Å². The first kappa shape index (κ1) is 12.7. The Hall–Kier alpha value is -0.380. The largest absolute Gasteiger partial charge is 0.281 e.